The predicted octanol–water partition coefficient (Wildman–Crippen LogP) is 4.42. The number of aryl methyl sites for hydroxylation is 2. The van der Waals surface area contributed by atoms with Crippen molar-refractivity contribution >= 4 is 11.6 Å². The van der Waals surface area contributed by atoms with E-state index in [-0.39, 0.29) is 0 Å². The van der Waals surface area contributed by atoms with Crippen molar-refractivity contribution in [3.63, 3.8) is 0 Å². The summed E-state index contributed by atoms with van der Waals surface area (Å²) in [5.41, 5.74) is 5.53. The highest BCUT2D eigenvalue weighted by molar-refractivity contribution is 6.17. The lowest BCUT2D eigenvalue weighted by Gasteiger charge is -2.05. The van der Waals surface area contributed by atoms with E-state index in [0.29, 0.717) is 5.88 Å². The Morgan fingerprint density at radius 3 is 2.60 bits per heavy atom. The van der Waals surface area contributed by atoms with Crippen LogP contribution in [0.1, 0.15) is 30.0 Å². The molecule has 0 aliphatic rings. The molecule has 0 fully saturated rings. The van der Waals surface area contributed by atoms with Gasteiger partial charge in [-0.15, -0.1) is 11.6 Å². The Kier molecular flexibility index (Phi) is 4.90. The molecule has 1 rings (SSSR count). The SMILES string of the molecule is CC(=CCCCl)Cc1ccc(C)c(C)c1. The van der Waals surface area contributed by atoms with Crippen molar-refractivity contribution in [1.82, 2.24) is 0 Å². The second-order valence-corrected chi connectivity index (χ2v) is 4.50. The number of allylic oxidation sites excluding steroid dienone is 2. The Morgan fingerprint density at radius 2 is 2.00 bits per heavy atom. The number of hydrogen-bond acceptors (Lipinski definition) is 0. The zero-order valence-electron chi connectivity index (χ0n) is 9.81. The minimum Gasteiger partial charge on any atom is -0.126 e. The van der Waals surface area contributed by atoms with Gasteiger partial charge in [-0.2, -0.15) is 0 Å². The predicted molar refractivity (Wildman–Crippen MR) is 68.7 cm³/mol. The lowest BCUT2D eigenvalue weighted by molar-refractivity contribution is 1.08. The van der Waals surface area contributed by atoms with Gasteiger partial charge in [0.2, 0.25) is 0 Å². The third-order valence-electron chi connectivity index (χ3n) is 2.66. The van der Waals surface area contributed by atoms with Gasteiger partial charge < -0.3 is 0 Å². The fraction of sp³-hybridized carbons (Fsp3) is 0.429. The summed E-state index contributed by atoms with van der Waals surface area (Å²) >= 11 is 5.65. The van der Waals surface area contributed by atoms with E-state index in [1.54, 1.807) is 0 Å². The fourth-order valence-corrected chi connectivity index (χ4v) is 1.72. The highest BCUT2D eigenvalue weighted by Gasteiger charge is 1.97. The van der Waals surface area contributed by atoms with Gasteiger partial charge in [0.15, 0.2) is 0 Å². The van der Waals surface area contributed by atoms with Crippen LogP contribution in [0.5, 0.6) is 0 Å². The van der Waals surface area contributed by atoms with Crippen molar-refractivity contribution < 1.29 is 0 Å². The maximum Gasteiger partial charge on any atom is 0.0258 e. The van der Waals surface area contributed by atoms with Crippen molar-refractivity contribution in [3.05, 3.63) is 46.5 Å². The third-order valence-corrected chi connectivity index (χ3v) is 2.87. The standard InChI is InChI=1S/C14H19Cl/c1-11(5-4-8-15)9-14-7-6-12(2)13(3)10-14/h5-7,10H,4,8-9H2,1-3H3. The van der Waals surface area contributed by atoms with Gasteiger partial charge in [0.1, 0.15) is 0 Å². The molecule has 0 spiro atoms. The van der Waals surface area contributed by atoms with Crippen molar-refractivity contribution in [2.45, 2.75) is 33.6 Å². The number of rotatable bonds is 4. The Hall–Kier alpha value is -0.750. The number of benzene rings is 1. The second-order valence-electron chi connectivity index (χ2n) is 4.12. The topological polar surface area (TPSA) is 0 Å². The normalized spacial score (nSPS) is 11.9. The van der Waals surface area contributed by atoms with Crippen LogP contribution in [-0.4, -0.2) is 5.88 Å². The van der Waals surface area contributed by atoms with E-state index >= 15 is 0 Å². The molecule has 0 bridgehead atoms. The highest BCUT2D eigenvalue weighted by atomic mass is 35.5. The van der Waals surface area contributed by atoms with Gasteiger partial charge in [-0.25, -0.2) is 0 Å². The van der Waals surface area contributed by atoms with E-state index in [4.69, 9.17) is 11.6 Å². The van der Waals surface area contributed by atoms with E-state index in [0.717, 1.165) is 12.8 Å². The van der Waals surface area contributed by atoms with Crippen LogP contribution in [-0.2, 0) is 6.42 Å². The van der Waals surface area contributed by atoms with Gasteiger partial charge in [0.05, 0.1) is 0 Å². The molecule has 0 amide bonds. The first-order chi connectivity index (χ1) is 7.13. The molecule has 1 heteroatoms. The molecule has 0 saturated carbocycles. The van der Waals surface area contributed by atoms with E-state index < -0.39 is 0 Å². The van der Waals surface area contributed by atoms with Gasteiger partial charge in [-0.05, 0) is 50.3 Å². The molecule has 82 valence electrons. The van der Waals surface area contributed by atoms with Crippen molar-refractivity contribution in [2.24, 2.45) is 0 Å². The van der Waals surface area contributed by atoms with Crippen LogP contribution in [0.25, 0.3) is 0 Å². The molecule has 0 saturated heterocycles. The molecule has 0 aliphatic heterocycles. The highest BCUT2D eigenvalue weighted by Crippen LogP contribution is 2.13. The molecule has 15 heavy (non-hydrogen) atoms. The zero-order chi connectivity index (χ0) is 11.3. The van der Waals surface area contributed by atoms with E-state index in [1.165, 1.54) is 22.3 Å². The quantitative estimate of drug-likeness (QED) is 0.523. The fourth-order valence-electron chi connectivity index (χ4n) is 1.61. The zero-order valence-corrected chi connectivity index (χ0v) is 10.6. The van der Waals surface area contributed by atoms with Crippen LogP contribution in [0, 0.1) is 13.8 Å². The average molecular weight is 223 g/mol. The number of halogens is 1. The van der Waals surface area contributed by atoms with Crippen LogP contribution in [0.4, 0.5) is 0 Å². The van der Waals surface area contributed by atoms with Crippen molar-refractivity contribution in [1.29, 1.82) is 0 Å². The Balaban J connectivity index is 2.68. The van der Waals surface area contributed by atoms with E-state index in [1.807, 2.05) is 0 Å². The molecule has 0 atom stereocenters. The van der Waals surface area contributed by atoms with E-state index in [9.17, 15) is 0 Å². The number of alkyl halides is 1. The molecule has 0 radical (unpaired) electrons. The molecular weight excluding hydrogens is 204 g/mol. The molecule has 1 aromatic rings. The lowest BCUT2D eigenvalue weighted by Crippen LogP contribution is -1.90. The molecular formula is C14H19Cl. The first kappa shape index (κ1) is 12.3. The van der Waals surface area contributed by atoms with Gasteiger partial charge >= 0.3 is 0 Å². The third kappa shape index (κ3) is 4.09. The molecule has 0 aromatic heterocycles. The van der Waals surface area contributed by atoms with Gasteiger partial charge in [0, 0.05) is 5.88 Å². The largest absolute Gasteiger partial charge is 0.126 e. The summed E-state index contributed by atoms with van der Waals surface area (Å²) in [6.45, 7) is 6.48. The van der Waals surface area contributed by atoms with Gasteiger partial charge in [-0.3, -0.25) is 0 Å². The maximum atomic E-state index is 5.65. The van der Waals surface area contributed by atoms with Crippen LogP contribution in [0.3, 0.4) is 0 Å². The molecule has 1 aromatic carbocycles. The monoisotopic (exact) mass is 222 g/mol. The molecule has 0 unspecified atom stereocenters. The summed E-state index contributed by atoms with van der Waals surface area (Å²) in [6, 6.07) is 6.67. The van der Waals surface area contributed by atoms with Crippen LogP contribution < -0.4 is 0 Å². The molecule has 0 aliphatic carbocycles. The smallest absolute Gasteiger partial charge is 0.0258 e. The summed E-state index contributed by atoms with van der Waals surface area (Å²) in [5.74, 6) is 0.713. The minimum absolute atomic E-state index is 0.713. The second kappa shape index (κ2) is 5.97. The lowest BCUT2D eigenvalue weighted by atomic mass is 10.0. The minimum atomic E-state index is 0.713. The summed E-state index contributed by atoms with van der Waals surface area (Å²) in [6.07, 6.45) is 4.23. The molecule has 0 heterocycles. The van der Waals surface area contributed by atoms with Gasteiger partial charge in [0.25, 0.3) is 0 Å². The Morgan fingerprint density at radius 1 is 1.27 bits per heavy atom. The number of hydrogen-bond donors (Lipinski definition) is 0. The first-order valence-electron chi connectivity index (χ1n) is 5.41. The Labute approximate surface area is 98.0 Å². The summed E-state index contributed by atoms with van der Waals surface area (Å²) in [7, 11) is 0. The van der Waals surface area contributed by atoms with Crippen molar-refractivity contribution in [2.75, 3.05) is 5.88 Å². The average Bonchev–Trinajstić information content (AvgIpc) is 2.20. The van der Waals surface area contributed by atoms with Crippen molar-refractivity contribution in [3.8, 4) is 0 Å². The van der Waals surface area contributed by atoms with Crippen LogP contribution >= 0.6 is 11.6 Å². The van der Waals surface area contributed by atoms with Crippen LogP contribution in [0.15, 0.2) is 29.8 Å². The summed E-state index contributed by atoms with van der Waals surface area (Å²) < 4.78 is 0. The first-order valence-corrected chi connectivity index (χ1v) is 5.94. The molecule has 0 nitrogen and oxygen atoms in total. The summed E-state index contributed by atoms with van der Waals surface area (Å²) in [4.78, 5) is 0. The van der Waals surface area contributed by atoms with Crippen LogP contribution in [0.2, 0.25) is 0 Å². The van der Waals surface area contributed by atoms with E-state index in [2.05, 4.69) is 45.0 Å². The summed E-state index contributed by atoms with van der Waals surface area (Å²) in [5, 5.41) is 0. The molecule has 0 N–H and O–H groups in total. The maximum absolute atomic E-state index is 5.65. The Bertz CT molecular complexity index is 350. The van der Waals surface area contributed by atoms with Gasteiger partial charge in [-0.1, -0.05) is 29.8 Å².